The van der Waals surface area contributed by atoms with E-state index >= 15 is 0 Å². The van der Waals surface area contributed by atoms with E-state index in [-0.39, 0.29) is 17.1 Å². The van der Waals surface area contributed by atoms with Crippen molar-refractivity contribution >= 4 is 37.0 Å². The molecule has 0 radical (unpaired) electrons. The van der Waals surface area contributed by atoms with Crippen LogP contribution in [0.4, 0.5) is 0 Å². The summed E-state index contributed by atoms with van der Waals surface area (Å²) in [6, 6.07) is 3.15. The number of aryl methyl sites for hydroxylation is 2. The second kappa shape index (κ2) is 6.61. The predicted octanol–water partition coefficient (Wildman–Crippen LogP) is 2.37. The van der Waals surface area contributed by atoms with Gasteiger partial charge in [-0.3, -0.25) is 9.13 Å². The molecule has 2 aromatic heterocycles. The summed E-state index contributed by atoms with van der Waals surface area (Å²) in [5.74, 6) is 0.352. The fourth-order valence-corrected chi connectivity index (χ4v) is 5.43. The normalized spacial score (nSPS) is 15.4. The summed E-state index contributed by atoms with van der Waals surface area (Å²) in [6.45, 7) is 0.107. The van der Waals surface area contributed by atoms with Crippen LogP contribution < -0.4 is 10.4 Å². The Balaban J connectivity index is 1.66. The Bertz CT molecular complexity index is 1190. The largest absolute Gasteiger partial charge is 0.364 e. The molecule has 0 saturated heterocycles. The average molecular weight is 455 g/mol. The third kappa shape index (κ3) is 3.05. The third-order valence-electron chi connectivity index (χ3n) is 5.23. The van der Waals surface area contributed by atoms with Crippen LogP contribution >= 0.6 is 15.9 Å². The van der Waals surface area contributed by atoms with Crippen molar-refractivity contribution in [2.75, 3.05) is 0 Å². The number of rotatable bonds is 5. The van der Waals surface area contributed by atoms with Gasteiger partial charge in [0.1, 0.15) is 6.26 Å². The van der Waals surface area contributed by atoms with Crippen LogP contribution in [0.5, 0.6) is 0 Å². The van der Waals surface area contributed by atoms with Crippen LogP contribution in [-0.4, -0.2) is 22.7 Å². The summed E-state index contributed by atoms with van der Waals surface area (Å²) in [5.41, 5.74) is 2.58. The first-order chi connectivity index (χ1) is 12.8. The number of benzene rings is 1. The van der Waals surface area contributed by atoms with Crippen LogP contribution in [0.2, 0.25) is 0 Å². The zero-order valence-electron chi connectivity index (χ0n) is 14.9. The van der Waals surface area contributed by atoms with E-state index in [0.717, 1.165) is 30.5 Å². The van der Waals surface area contributed by atoms with E-state index in [0.29, 0.717) is 21.4 Å². The van der Waals surface area contributed by atoms with E-state index in [9.17, 15) is 13.2 Å². The molecule has 27 heavy (non-hydrogen) atoms. The fourth-order valence-electron chi connectivity index (χ4n) is 3.37. The van der Waals surface area contributed by atoms with Crippen molar-refractivity contribution in [3.8, 4) is 0 Å². The summed E-state index contributed by atoms with van der Waals surface area (Å²) < 4.78 is 36.7. The van der Waals surface area contributed by atoms with Gasteiger partial charge in [-0.1, -0.05) is 11.6 Å². The molecule has 1 fully saturated rings. The smallest absolute Gasteiger partial charge is 0.328 e. The number of nitrogens with one attached hydrogen (secondary N) is 1. The Hall–Kier alpha value is -1.91. The first-order valence-electron chi connectivity index (χ1n) is 8.57. The Morgan fingerprint density at radius 2 is 1.93 bits per heavy atom. The van der Waals surface area contributed by atoms with Gasteiger partial charge >= 0.3 is 5.69 Å². The highest BCUT2D eigenvalue weighted by molar-refractivity contribution is 9.10. The molecule has 0 atom stereocenters. The predicted molar refractivity (Wildman–Crippen MR) is 103 cm³/mol. The van der Waals surface area contributed by atoms with Gasteiger partial charge in [0.05, 0.1) is 21.6 Å². The number of hydrogen-bond donors (Lipinski definition) is 1. The molecule has 1 aliphatic carbocycles. The van der Waals surface area contributed by atoms with E-state index < -0.39 is 10.0 Å². The van der Waals surface area contributed by atoms with Crippen molar-refractivity contribution in [1.29, 1.82) is 0 Å². The van der Waals surface area contributed by atoms with Gasteiger partial charge in [0, 0.05) is 36.6 Å². The van der Waals surface area contributed by atoms with Gasteiger partial charge in [0.2, 0.25) is 10.0 Å². The molecule has 144 valence electrons. The van der Waals surface area contributed by atoms with Crippen molar-refractivity contribution in [2.24, 2.45) is 14.1 Å². The minimum Gasteiger partial charge on any atom is -0.364 e. The molecule has 4 rings (SSSR count). The SMILES string of the molecule is Cn1c(=O)n(C)c2cc(S(=O)(=O)NCc3conc3C3CCC3)c(Br)cc21. The minimum absolute atomic E-state index is 0.0813. The summed E-state index contributed by atoms with van der Waals surface area (Å²) >= 11 is 3.32. The highest BCUT2D eigenvalue weighted by atomic mass is 79.9. The first kappa shape index (κ1) is 18.5. The molecular weight excluding hydrogens is 436 g/mol. The summed E-state index contributed by atoms with van der Waals surface area (Å²) in [6.07, 6.45) is 4.76. The van der Waals surface area contributed by atoms with Gasteiger partial charge in [0.15, 0.2) is 0 Å². The molecule has 1 saturated carbocycles. The highest BCUT2D eigenvalue weighted by Gasteiger charge is 2.27. The Kier molecular flexibility index (Phi) is 4.52. The monoisotopic (exact) mass is 454 g/mol. The molecule has 1 aliphatic rings. The molecule has 2 heterocycles. The lowest BCUT2D eigenvalue weighted by Gasteiger charge is -2.23. The lowest BCUT2D eigenvalue weighted by molar-refractivity contribution is 0.363. The number of fused-ring (bicyclic) bond motifs is 1. The zero-order chi connectivity index (χ0) is 19.3. The second-order valence-corrected chi connectivity index (χ2v) is 9.44. The molecule has 0 bridgehead atoms. The third-order valence-corrected chi connectivity index (χ3v) is 7.59. The Morgan fingerprint density at radius 3 is 2.56 bits per heavy atom. The van der Waals surface area contributed by atoms with Crippen LogP contribution in [0.1, 0.15) is 36.4 Å². The van der Waals surface area contributed by atoms with Crippen molar-refractivity contribution in [3.05, 3.63) is 44.6 Å². The number of nitrogens with zero attached hydrogens (tertiary/aromatic N) is 3. The maximum absolute atomic E-state index is 12.9. The molecule has 1 N–H and O–H groups in total. The molecule has 0 spiro atoms. The number of halogens is 1. The molecule has 1 aromatic carbocycles. The molecule has 0 aliphatic heterocycles. The highest BCUT2D eigenvalue weighted by Crippen LogP contribution is 2.37. The Labute approximate surface area is 164 Å². The lowest BCUT2D eigenvalue weighted by Crippen LogP contribution is -2.24. The van der Waals surface area contributed by atoms with Gasteiger partial charge in [-0.2, -0.15) is 0 Å². The van der Waals surface area contributed by atoms with Gasteiger partial charge in [-0.25, -0.2) is 17.9 Å². The van der Waals surface area contributed by atoms with Crippen LogP contribution in [0.15, 0.2) is 37.1 Å². The van der Waals surface area contributed by atoms with E-state index in [2.05, 4.69) is 25.8 Å². The number of hydrogen-bond acceptors (Lipinski definition) is 5. The van der Waals surface area contributed by atoms with Crippen molar-refractivity contribution in [1.82, 2.24) is 19.0 Å². The van der Waals surface area contributed by atoms with Crippen LogP contribution in [-0.2, 0) is 30.7 Å². The molecular formula is C17H19BrN4O4S. The zero-order valence-corrected chi connectivity index (χ0v) is 17.3. The Morgan fingerprint density at radius 1 is 1.26 bits per heavy atom. The fraction of sp³-hybridized carbons (Fsp3) is 0.412. The second-order valence-electron chi connectivity index (χ2n) is 6.85. The minimum atomic E-state index is -3.80. The molecule has 3 aromatic rings. The topological polar surface area (TPSA) is 99.1 Å². The van der Waals surface area contributed by atoms with E-state index in [1.54, 1.807) is 20.2 Å². The van der Waals surface area contributed by atoms with Crippen LogP contribution in [0.25, 0.3) is 11.0 Å². The van der Waals surface area contributed by atoms with Crippen molar-refractivity contribution in [2.45, 2.75) is 36.6 Å². The lowest BCUT2D eigenvalue weighted by atomic mass is 9.82. The van der Waals surface area contributed by atoms with Gasteiger partial charge < -0.3 is 4.52 Å². The summed E-state index contributed by atoms with van der Waals surface area (Å²) in [5, 5.41) is 4.03. The maximum Gasteiger partial charge on any atom is 0.328 e. The van der Waals surface area contributed by atoms with E-state index in [1.165, 1.54) is 21.5 Å². The van der Waals surface area contributed by atoms with Crippen molar-refractivity contribution in [3.63, 3.8) is 0 Å². The van der Waals surface area contributed by atoms with Gasteiger partial charge in [-0.05, 0) is 40.9 Å². The van der Waals surface area contributed by atoms with Crippen molar-refractivity contribution < 1.29 is 12.9 Å². The quantitative estimate of drug-likeness (QED) is 0.637. The van der Waals surface area contributed by atoms with Crippen LogP contribution in [0.3, 0.4) is 0 Å². The standard InChI is InChI=1S/C17H19BrN4O4S/c1-21-13-6-12(18)15(7-14(13)22(2)17(21)23)27(24,25)19-8-11-9-26-20-16(11)10-4-3-5-10/h6-7,9-10,19H,3-5,8H2,1-2H3. The first-order valence-corrected chi connectivity index (χ1v) is 10.8. The molecule has 10 heteroatoms. The maximum atomic E-state index is 12.9. The summed E-state index contributed by atoms with van der Waals surface area (Å²) in [7, 11) is -0.535. The average Bonchev–Trinajstić information content (AvgIpc) is 3.11. The molecule has 0 amide bonds. The molecule has 0 unspecified atom stereocenters. The van der Waals surface area contributed by atoms with Gasteiger partial charge in [-0.15, -0.1) is 0 Å². The van der Waals surface area contributed by atoms with Gasteiger partial charge in [0.25, 0.3) is 0 Å². The van der Waals surface area contributed by atoms with E-state index in [1.807, 2.05) is 0 Å². The number of sulfonamides is 1. The van der Waals surface area contributed by atoms with Crippen LogP contribution in [0, 0.1) is 0 Å². The number of aromatic nitrogens is 3. The summed E-state index contributed by atoms with van der Waals surface area (Å²) in [4.78, 5) is 12.2. The molecule has 8 nitrogen and oxygen atoms in total. The van der Waals surface area contributed by atoms with E-state index in [4.69, 9.17) is 4.52 Å². The number of imidazole rings is 1.